The number of benzene rings is 3. The largest absolute Gasteiger partial charge is 0.493 e. The first-order valence-electron chi connectivity index (χ1n) is 10.8. The number of fused-ring (bicyclic) bond motifs is 1. The highest BCUT2D eigenvalue weighted by atomic mass is 32.1. The van der Waals surface area contributed by atoms with Crippen LogP contribution >= 0.6 is 11.3 Å². The minimum atomic E-state index is 0.589. The smallest absolute Gasteiger partial charge is 0.183 e. The fourth-order valence-electron chi connectivity index (χ4n) is 3.11. The molecule has 0 spiro atoms. The molecule has 0 saturated heterocycles. The number of rotatable bonds is 8. The summed E-state index contributed by atoms with van der Waals surface area (Å²) in [4.78, 5) is 9.51. The zero-order valence-corrected chi connectivity index (χ0v) is 19.7. The molecule has 7 heteroatoms. The Bertz CT molecular complexity index is 1250. The highest BCUT2D eigenvalue weighted by Gasteiger charge is 2.11. The molecule has 0 saturated carbocycles. The molecule has 168 valence electrons. The number of hydrogen-bond acceptors (Lipinski definition) is 6. The molecule has 0 bridgehead atoms. The van der Waals surface area contributed by atoms with Gasteiger partial charge < -0.3 is 9.47 Å². The van der Waals surface area contributed by atoms with Crippen molar-refractivity contribution in [1.29, 1.82) is 0 Å². The number of para-hydroxylation sites is 1. The molecule has 0 aliphatic heterocycles. The lowest BCUT2D eigenvalue weighted by Gasteiger charge is -2.10. The van der Waals surface area contributed by atoms with Crippen molar-refractivity contribution in [3.05, 3.63) is 82.9 Å². The highest BCUT2D eigenvalue weighted by Crippen LogP contribution is 2.28. The Kier molecular flexibility index (Phi) is 7.32. The molecule has 6 nitrogen and oxygen atoms in total. The van der Waals surface area contributed by atoms with E-state index in [1.165, 1.54) is 5.56 Å². The summed E-state index contributed by atoms with van der Waals surface area (Å²) < 4.78 is 12.3. The zero-order chi connectivity index (χ0) is 23.0. The second-order valence-corrected chi connectivity index (χ2v) is 8.44. The van der Waals surface area contributed by atoms with Crippen LogP contribution in [0, 0.1) is 6.92 Å². The monoisotopic (exact) mass is 458 g/mol. The van der Waals surface area contributed by atoms with Gasteiger partial charge in [-0.1, -0.05) is 36.8 Å². The summed E-state index contributed by atoms with van der Waals surface area (Å²) >= 11 is 1.57. The van der Waals surface area contributed by atoms with Crippen LogP contribution in [0.15, 0.2) is 76.8 Å². The molecule has 3 aromatic carbocycles. The predicted octanol–water partition coefficient (Wildman–Crippen LogP) is 6.10. The molecule has 4 rings (SSSR count). The number of aryl methyl sites for hydroxylation is 1. The van der Waals surface area contributed by atoms with Crippen LogP contribution in [-0.2, 0) is 0 Å². The molecule has 0 radical (unpaired) electrons. The van der Waals surface area contributed by atoms with Crippen LogP contribution in [-0.4, -0.2) is 30.8 Å². The van der Waals surface area contributed by atoms with Crippen LogP contribution in [0.25, 0.3) is 10.2 Å². The van der Waals surface area contributed by atoms with Crippen molar-refractivity contribution < 1.29 is 9.47 Å². The number of thiazole rings is 1. The maximum Gasteiger partial charge on any atom is 0.183 e. The van der Waals surface area contributed by atoms with Gasteiger partial charge in [0.25, 0.3) is 0 Å². The summed E-state index contributed by atoms with van der Waals surface area (Å²) in [6.45, 7) is 4.77. The Morgan fingerprint density at radius 1 is 1.06 bits per heavy atom. The summed E-state index contributed by atoms with van der Waals surface area (Å²) in [5.74, 6) is 1.99. The Morgan fingerprint density at radius 3 is 2.64 bits per heavy atom. The van der Waals surface area contributed by atoms with Gasteiger partial charge in [-0.15, -0.1) is 11.3 Å². The Morgan fingerprint density at radius 2 is 1.88 bits per heavy atom. The van der Waals surface area contributed by atoms with Gasteiger partial charge in [0.15, 0.2) is 22.3 Å². The molecular formula is C26H26N4O2S. The van der Waals surface area contributed by atoms with Crippen molar-refractivity contribution >= 4 is 39.3 Å². The lowest BCUT2D eigenvalue weighted by Crippen LogP contribution is -2.18. The van der Waals surface area contributed by atoms with E-state index in [1.54, 1.807) is 24.7 Å². The van der Waals surface area contributed by atoms with E-state index in [9.17, 15) is 0 Å². The molecule has 1 N–H and O–H groups in total. The molecule has 0 aliphatic rings. The van der Waals surface area contributed by atoms with Gasteiger partial charge in [-0.25, -0.2) is 9.98 Å². The lowest BCUT2D eigenvalue weighted by atomic mass is 10.2. The quantitative estimate of drug-likeness (QED) is 0.197. The lowest BCUT2D eigenvalue weighted by molar-refractivity contribution is 0.294. The molecule has 0 atom stereocenters. The number of ether oxygens (including phenoxy) is 2. The SMILES string of the molecule is CCCOc1ccc(C=NNC(=Nc2ccc(C)cc2)c2nc3ccccc3s2)cc1OC. The second kappa shape index (κ2) is 10.7. The van der Waals surface area contributed by atoms with Crippen molar-refractivity contribution in [2.24, 2.45) is 10.1 Å². The van der Waals surface area contributed by atoms with Gasteiger partial charge in [-0.3, -0.25) is 5.43 Å². The summed E-state index contributed by atoms with van der Waals surface area (Å²) in [5, 5.41) is 5.21. The summed E-state index contributed by atoms with van der Waals surface area (Å²) in [6.07, 6.45) is 2.66. The second-order valence-electron chi connectivity index (χ2n) is 7.41. The van der Waals surface area contributed by atoms with Gasteiger partial charge in [0.1, 0.15) is 0 Å². The highest BCUT2D eigenvalue weighted by molar-refractivity contribution is 7.20. The molecule has 1 heterocycles. The van der Waals surface area contributed by atoms with Crippen molar-refractivity contribution in [3.63, 3.8) is 0 Å². The van der Waals surface area contributed by atoms with Crippen LogP contribution in [0.4, 0.5) is 5.69 Å². The van der Waals surface area contributed by atoms with Gasteiger partial charge in [-0.05, 0) is 61.4 Å². The molecule has 0 fully saturated rings. The van der Waals surface area contributed by atoms with Crippen molar-refractivity contribution in [2.45, 2.75) is 20.3 Å². The number of amidine groups is 1. The third-order valence-electron chi connectivity index (χ3n) is 4.80. The number of aromatic nitrogens is 1. The maximum atomic E-state index is 5.73. The van der Waals surface area contributed by atoms with E-state index >= 15 is 0 Å². The predicted molar refractivity (Wildman–Crippen MR) is 137 cm³/mol. The number of nitrogens with one attached hydrogen (secondary N) is 1. The van der Waals surface area contributed by atoms with Crippen molar-refractivity contribution in [2.75, 3.05) is 13.7 Å². The van der Waals surface area contributed by atoms with Crippen LogP contribution in [0.2, 0.25) is 0 Å². The van der Waals surface area contributed by atoms with E-state index in [4.69, 9.17) is 19.5 Å². The topological polar surface area (TPSA) is 68.1 Å². The third kappa shape index (κ3) is 5.75. The number of methoxy groups -OCH3 is 1. The molecule has 0 unspecified atom stereocenters. The Hall–Kier alpha value is -3.71. The number of nitrogens with zero attached hydrogens (tertiary/aromatic N) is 3. The molecule has 4 aromatic rings. The number of hydrazone groups is 1. The fraction of sp³-hybridized carbons (Fsp3) is 0.192. The van der Waals surface area contributed by atoms with Crippen LogP contribution < -0.4 is 14.9 Å². The molecule has 0 amide bonds. The first-order valence-corrected chi connectivity index (χ1v) is 11.6. The first-order chi connectivity index (χ1) is 16.2. The molecule has 1 aromatic heterocycles. The minimum absolute atomic E-state index is 0.589. The molecule has 0 aliphatic carbocycles. The van der Waals surface area contributed by atoms with E-state index in [1.807, 2.05) is 60.7 Å². The summed E-state index contributed by atoms with van der Waals surface area (Å²) in [5.41, 5.74) is 6.92. The van der Waals surface area contributed by atoms with E-state index < -0.39 is 0 Å². The van der Waals surface area contributed by atoms with Gasteiger partial charge in [-0.2, -0.15) is 5.10 Å². The van der Waals surface area contributed by atoms with Gasteiger partial charge in [0.05, 0.1) is 35.8 Å². The van der Waals surface area contributed by atoms with E-state index in [-0.39, 0.29) is 0 Å². The maximum absolute atomic E-state index is 5.73. The van der Waals surface area contributed by atoms with Crippen molar-refractivity contribution in [1.82, 2.24) is 10.4 Å². The minimum Gasteiger partial charge on any atom is -0.493 e. The summed E-state index contributed by atoms with van der Waals surface area (Å²) in [6, 6.07) is 21.8. The van der Waals surface area contributed by atoms with Gasteiger partial charge >= 0.3 is 0 Å². The Labute approximate surface area is 197 Å². The van der Waals surface area contributed by atoms with Gasteiger partial charge in [0, 0.05) is 0 Å². The fourth-order valence-corrected chi connectivity index (χ4v) is 4.01. The summed E-state index contributed by atoms with van der Waals surface area (Å²) in [7, 11) is 1.63. The van der Waals surface area contributed by atoms with E-state index in [0.29, 0.717) is 18.2 Å². The first kappa shape index (κ1) is 22.5. The van der Waals surface area contributed by atoms with Crippen molar-refractivity contribution in [3.8, 4) is 11.5 Å². The standard InChI is InChI=1S/C26H26N4O2S/c1-4-15-32-22-14-11-19(16-23(22)31-3)17-27-30-25(28-20-12-9-18(2)10-13-20)26-29-21-7-5-6-8-24(21)33-26/h5-14,16-17H,4,15H2,1-3H3,(H,28,30). The van der Waals surface area contributed by atoms with Crippen LogP contribution in [0.3, 0.4) is 0 Å². The van der Waals surface area contributed by atoms with E-state index in [0.717, 1.165) is 38.6 Å². The van der Waals surface area contributed by atoms with Gasteiger partial charge in [0.2, 0.25) is 0 Å². The molecular weight excluding hydrogens is 432 g/mol. The average molecular weight is 459 g/mol. The van der Waals surface area contributed by atoms with Crippen LogP contribution in [0.1, 0.15) is 29.5 Å². The third-order valence-corrected chi connectivity index (χ3v) is 5.85. The number of aliphatic imine (C=N–C) groups is 1. The van der Waals surface area contributed by atoms with Crippen LogP contribution in [0.5, 0.6) is 11.5 Å². The normalized spacial score (nSPS) is 11.8. The Balaban J connectivity index is 1.60. The number of hydrogen-bond donors (Lipinski definition) is 1. The zero-order valence-electron chi connectivity index (χ0n) is 18.9. The van der Waals surface area contributed by atoms with E-state index in [2.05, 4.69) is 30.4 Å². The average Bonchev–Trinajstić information content (AvgIpc) is 3.28. The molecule has 33 heavy (non-hydrogen) atoms.